The maximum absolute atomic E-state index is 12.0. The minimum absolute atomic E-state index is 0.161. The Balaban J connectivity index is 1.60. The SMILES string of the molecule is Cc1cc(C(=O)NC[C@H]2CCn3ccnc3C2)nc(=O)[nH]1. The largest absolute Gasteiger partial charge is 0.350 e. The fraction of sp³-hybridized carbons (Fsp3) is 0.429. The van der Waals surface area contributed by atoms with E-state index in [0.717, 1.165) is 25.2 Å². The number of fused-ring (bicyclic) bond motifs is 1. The monoisotopic (exact) mass is 287 g/mol. The number of carbonyl (C=O) groups is 1. The summed E-state index contributed by atoms with van der Waals surface area (Å²) >= 11 is 0. The van der Waals surface area contributed by atoms with Crippen molar-refractivity contribution in [2.45, 2.75) is 26.3 Å². The molecule has 0 aliphatic carbocycles. The molecule has 0 saturated heterocycles. The first kappa shape index (κ1) is 13.5. The number of hydrogen-bond acceptors (Lipinski definition) is 4. The lowest BCUT2D eigenvalue weighted by molar-refractivity contribution is 0.0939. The number of aryl methyl sites for hydroxylation is 2. The van der Waals surface area contributed by atoms with E-state index in [1.165, 1.54) is 0 Å². The van der Waals surface area contributed by atoms with E-state index in [0.29, 0.717) is 18.2 Å². The first-order valence-electron chi connectivity index (χ1n) is 6.98. The van der Waals surface area contributed by atoms with Crippen molar-refractivity contribution in [3.05, 3.63) is 46.2 Å². The molecule has 0 spiro atoms. The number of carbonyl (C=O) groups excluding carboxylic acids is 1. The fourth-order valence-electron chi connectivity index (χ4n) is 2.61. The predicted octanol–water partition coefficient (Wildman–Crippen LogP) is 0.267. The molecule has 0 fully saturated rings. The molecule has 21 heavy (non-hydrogen) atoms. The van der Waals surface area contributed by atoms with E-state index in [1.807, 2.05) is 6.20 Å². The van der Waals surface area contributed by atoms with Crippen molar-refractivity contribution >= 4 is 5.91 Å². The maximum atomic E-state index is 12.0. The molecule has 3 heterocycles. The van der Waals surface area contributed by atoms with Crippen molar-refractivity contribution in [2.24, 2.45) is 5.92 Å². The third-order valence-corrected chi connectivity index (χ3v) is 3.71. The Bertz CT molecular complexity index is 718. The van der Waals surface area contributed by atoms with Crippen LogP contribution in [0, 0.1) is 12.8 Å². The molecule has 0 saturated carbocycles. The van der Waals surface area contributed by atoms with Gasteiger partial charge in [-0.1, -0.05) is 0 Å². The summed E-state index contributed by atoms with van der Waals surface area (Å²) in [6.45, 7) is 3.22. The summed E-state index contributed by atoms with van der Waals surface area (Å²) in [6.07, 6.45) is 5.65. The molecule has 0 radical (unpaired) electrons. The van der Waals surface area contributed by atoms with Gasteiger partial charge >= 0.3 is 5.69 Å². The quantitative estimate of drug-likeness (QED) is 0.847. The molecule has 1 aliphatic rings. The highest BCUT2D eigenvalue weighted by Crippen LogP contribution is 2.18. The normalized spacial score (nSPS) is 17.3. The Kier molecular flexibility index (Phi) is 3.55. The van der Waals surface area contributed by atoms with Gasteiger partial charge in [0.25, 0.3) is 5.91 Å². The second kappa shape index (κ2) is 5.51. The molecule has 110 valence electrons. The lowest BCUT2D eigenvalue weighted by Gasteiger charge is -2.23. The summed E-state index contributed by atoms with van der Waals surface area (Å²) in [5.74, 6) is 1.12. The van der Waals surface area contributed by atoms with Crippen LogP contribution < -0.4 is 11.0 Å². The molecule has 0 bridgehead atoms. The Labute approximate surface area is 121 Å². The lowest BCUT2D eigenvalue weighted by Crippen LogP contribution is -2.34. The first-order chi connectivity index (χ1) is 10.1. The molecule has 2 aromatic rings. The minimum atomic E-state index is -0.500. The number of hydrogen-bond donors (Lipinski definition) is 2. The van der Waals surface area contributed by atoms with Crippen LogP contribution in [0.2, 0.25) is 0 Å². The number of nitrogens with zero attached hydrogens (tertiary/aromatic N) is 3. The summed E-state index contributed by atoms with van der Waals surface area (Å²) in [7, 11) is 0. The number of amides is 1. The van der Waals surface area contributed by atoms with Crippen LogP contribution in [0.4, 0.5) is 0 Å². The van der Waals surface area contributed by atoms with E-state index in [1.54, 1.807) is 19.2 Å². The third-order valence-electron chi connectivity index (χ3n) is 3.71. The average molecular weight is 287 g/mol. The van der Waals surface area contributed by atoms with Gasteiger partial charge in [-0.15, -0.1) is 0 Å². The van der Waals surface area contributed by atoms with E-state index >= 15 is 0 Å². The van der Waals surface area contributed by atoms with Crippen molar-refractivity contribution in [3.8, 4) is 0 Å². The molecule has 0 unspecified atom stereocenters. The van der Waals surface area contributed by atoms with E-state index in [-0.39, 0.29) is 11.6 Å². The van der Waals surface area contributed by atoms with E-state index < -0.39 is 5.69 Å². The molecule has 2 aromatic heterocycles. The van der Waals surface area contributed by atoms with Gasteiger partial charge in [-0.25, -0.2) is 9.78 Å². The molecule has 7 nitrogen and oxygen atoms in total. The molecule has 0 aromatic carbocycles. The van der Waals surface area contributed by atoms with Crippen LogP contribution in [0.3, 0.4) is 0 Å². The van der Waals surface area contributed by atoms with Crippen molar-refractivity contribution in [2.75, 3.05) is 6.54 Å². The van der Waals surface area contributed by atoms with Crippen LogP contribution in [0.15, 0.2) is 23.3 Å². The summed E-state index contributed by atoms with van der Waals surface area (Å²) in [4.78, 5) is 33.8. The highest BCUT2D eigenvalue weighted by atomic mass is 16.2. The summed E-state index contributed by atoms with van der Waals surface area (Å²) in [6, 6.07) is 1.57. The summed E-state index contributed by atoms with van der Waals surface area (Å²) in [5, 5.41) is 2.85. The van der Waals surface area contributed by atoms with Crippen molar-refractivity contribution in [1.82, 2.24) is 24.8 Å². The zero-order valence-electron chi connectivity index (χ0n) is 11.8. The summed E-state index contributed by atoms with van der Waals surface area (Å²) in [5.41, 5.74) is 0.285. The smallest absolute Gasteiger partial charge is 0.345 e. The second-order valence-electron chi connectivity index (χ2n) is 5.36. The standard InChI is InChI=1S/C14H17N5O2/c1-9-6-11(18-14(21)17-9)13(20)16-8-10-2-4-19-5-3-15-12(19)7-10/h3,5-6,10H,2,4,7-8H2,1H3,(H,16,20)(H,17,18,21)/t10-/m0/s1. The van der Waals surface area contributed by atoms with Crippen LogP contribution in [0.5, 0.6) is 0 Å². The molecule has 1 amide bonds. The minimum Gasteiger partial charge on any atom is -0.350 e. The third kappa shape index (κ3) is 3.01. The van der Waals surface area contributed by atoms with Gasteiger partial charge in [-0.3, -0.25) is 4.79 Å². The predicted molar refractivity (Wildman–Crippen MR) is 76.0 cm³/mol. The summed E-state index contributed by atoms with van der Waals surface area (Å²) < 4.78 is 2.14. The highest BCUT2D eigenvalue weighted by molar-refractivity contribution is 5.92. The number of rotatable bonds is 3. The van der Waals surface area contributed by atoms with Crippen LogP contribution in [-0.4, -0.2) is 32.0 Å². The topological polar surface area (TPSA) is 92.7 Å². The maximum Gasteiger partial charge on any atom is 0.345 e. The van der Waals surface area contributed by atoms with Crippen molar-refractivity contribution in [3.63, 3.8) is 0 Å². The van der Waals surface area contributed by atoms with Crippen LogP contribution >= 0.6 is 0 Å². The molecule has 3 rings (SSSR count). The zero-order chi connectivity index (χ0) is 14.8. The molecule has 7 heteroatoms. The van der Waals surface area contributed by atoms with Gasteiger partial charge in [0, 0.05) is 37.6 Å². The Morgan fingerprint density at radius 3 is 3.24 bits per heavy atom. The number of imidazole rings is 1. The van der Waals surface area contributed by atoms with Crippen LogP contribution in [0.1, 0.15) is 28.4 Å². The molecular weight excluding hydrogens is 270 g/mol. The van der Waals surface area contributed by atoms with Gasteiger partial charge in [-0.05, 0) is 25.3 Å². The van der Waals surface area contributed by atoms with E-state index in [2.05, 4.69) is 24.8 Å². The molecule has 2 N–H and O–H groups in total. The van der Waals surface area contributed by atoms with Gasteiger partial charge < -0.3 is 14.9 Å². The zero-order valence-corrected chi connectivity index (χ0v) is 11.8. The van der Waals surface area contributed by atoms with Gasteiger partial charge in [0.2, 0.25) is 0 Å². The second-order valence-corrected chi connectivity index (χ2v) is 5.36. The van der Waals surface area contributed by atoms with Gasteiger partial charge in [0.15, 0.2) is 0 Å². The van der Waals surface area contributed by atoms with E-state index in [4.69, 9.17) is 0 Å². The van der Waals surface area contributed by atoms with Gasteiger partial charge in [0.05, 0.1) is 0 Å². The number of aromatic amines is 1. The Morgan fingerprint density at radius 1 is 1.57 bits per heavy atom. The number of aromatic nitrogens is 4. The van der Waals surface area contributed by atoms with Crippen molar-refractivity contribution < 1.29 is 4.79 Å². The van der Waals surface area contributed by atoms with Gasteiger partial charge in [-0.2, -0.15) is 4.98 Å². The Hall–Kier alpha value is -2.44. The van der Waals surface area contributed by atoms with Gasteiger partial charge in [0.1, 0.15) is 11.5 Å². The number of H-pyrrole nitrogens is 1. The Morgan fingerprint density at radius 2 is 2.43 bits per heavy atom. The molecular formula is C14H17N5O2. The van der Waals surface area contributed by atoms with Crippen LogP contribution in [-0.2, 0) is 13.0 Å². The average Bonchev–Trinajstić information content (AvgIpc) is 2.91. The highest BCUT2D eigenvalue weighted by Gasteiger charge is 2.20. The first-order valence-corrected chi connectivity index (χ1v) is 6.98. The lowest BCUT2D eigenvalue weighted by atomic mass is 9.98. The molecule has 1 atom stereocenters. The van der Waals surface area contributed by atoms with E-state index in [9.17, 15) is 9.59 Å². The number of nitrogens with one attached hydrogen (secondary N) is 2. The van der Waals surface area contributed by atoms with Crippen molar-refractivity contribution in [1.29, 1.82) is 0 Å². The molecule has 1 aliphatic heterocycles. The fourth-order valence-corrected chi connectivity index (χ4v) is 2.61. The van der Waals surface area contributed by atoms with Crippen LogP contribution in [0.25, 0.3) is 0 Å².